The fourth-order valence-corrected chi connectivity index (χ4v) is 2.47. The Morgan fingerprint density at radius 1 is 1.05 bits per heavy atom. The van der Waals surface area contributed by atoms with Gasteiger partial charge in [0.1, 0.15) is 5.75 Å². The third-order valence-corrected chi connectivity index (χ3v) is 4.02. The number of benzene rings is 1. The van der Waals surface area contributed by atoms with Crippen LogP contribution in [0.5, 0.6) is 5.75 Å². The maximum Gasteiger partial charge on any atom is 0.125 e. The predicted octanol–water partition coefficient (Wildman–Crippen LogP) is 4.37. The molecule has 1 N–H and O–H groups in total. The summed E-state index contributed by atoms with van der Waals surface area (Å²) in [7, 11) is 1.77. The van der Waals surface area contributed by atoms with Gasteiger partial charge in [0, 0.05) is 11.1 Å². The Morgan fingerprint density at radius 3 is 2.15 bits per heavy atom. The van der Waals surface area contributed by atoms with Crippen molar-refractivity contribution in [2.24, 2.45) is 0 Å². The van der Waals surface area contributed by atoms with E-state index in [2.05, 4.69) is 65.9 Å². The largest absolute Gasteiger partial charge is 0.496 e. The van der Waals surface area contributed by atoms with Crippen LogP contribution in [0.1, 0.15) is 57.7 Å². The van der Waals surface area contributed by atoms with Gasteiger partial charge in [-0.05, 0) is 64.1 Å². The lowest BCUT2D eigenvalue weighted by molar-refractivity contribution is 0.359. The van der Waals surface area contributed by atoms with Gasteiger partial charge in [0.25, 0.3) is 0 Å². The molecule has 0 saturated heterocycles. The SMILES string of the molecule is COc1c(C(C)(C)CCNC(C)(C)C)ccc(C)c1C. The van der Waals surface area contributed by atoms with Crippen LogP contribution in [0, 0.1) is 13.8 Å². The smallest absolute Gasteiger partial charge is 0.125 e. The predicted molar refractivity (Wildman–Crippen MR) is 87.9 cm³/mol. The van der Waals surface area contributed by atoms with Crippen molar-refractivity contribution in [3.05, 3.63) is 28.8 Å². The molecule has 0 bridgehead atoms. The Kier molecular flexibility index (Phi) is 5.26. The highest BCUT2D eigenvalue weighted by atomic mass is 16.5. The van der Waals surface area contributed by atoms with Crippen molar-refractivity contribution in [2.45, 2.75) is 65.8 Å². The molecular formula is C18H31NO. The molecule has 114 valence electrons. The van der Waals surface area contributed by atoms with E-state index in [0.717, 1.165) is 18.7 Å². The number of hydrogen-bond acceptors (Lipinski definition) is 2. The summed E-state index contributed by atoms with van der Waals surface area (Å²) < 4.78 is 5.67. The summed E-state index contributed by atoms with van der Waals surface area (Å²) in [5.41, 5.74) is 4.11. The van der Waals surface area contributed by atoms with Crippen molar-refractivity contribution in [3.8, 4) is 5.75 Å². The van der Waals surface area contributed by atoms with Crippen molar-refractivity contribution in [1.29, 1.82) is 0 Å². The second kappa shape index (κ2) is 6.17. The van der Waals surface area contributed by atoms with Crippen molar-refractivity contribution < 1.29 is 4.74 Å². The lowest BCUT2D eigenvalue weighted by atomic mass is 9.79. The molecule has 2 nitrogen and oxygen atoms in total. The van der Waals surface area contributed by atoms with Crippen LogP contribution in [-0.4, -0.2) is 19.2 Å². The van der Waals surface area contributed by atoms with Gasteiger partial charge in [-0.2, -0.15) is 0 Å². The molecule has 0 aromatic heterocycles. The van der Waals surface area contributed by atoms with Gasteiger partial charge in [-0.15, -0.1) is 0 Å². The summed E-state index contributed by atoms with van der Waals surface area (Å²) in [5, 5.41) is 3.57. The molecule has 0 fully saturated rings. The highest BCUT2D eigenvalue weighted by Gasteiger charge is 2.26. The van der Waals surface area contributed by atoms with Crippen LogP contribution in [0.4, 0.5) is 0 Å². The Balaban J connectivity index is 2.95. The number of ether oxygens (including phenoxy) is 1. The van der Waals surface area contributed by atoms with Crippen molar-refractivity contribution in [1.82, 2.24) is 5.32 Å². The molecule has 20 heavy (non-hydrogen) atoms. The van der Waals surface area contributed by atoms with E-state index in [1.807, 2.05) is 0 Å². The molecular weight excluding hydrogens is 246 g/mol. The topological polar surface area (TPSA) is 21.3 Å². The molecule has 0 heterocycles. The van der Waals surface area contributed by atoms with Gasteiger partial charge < -0.3 is 10.1 Å². The van der Waals surface area contributed by atoms with Gasteiger partial charge in [0.05, 0.1) is 7.11 Å². The minimum atomic E-state index is 0.0993. The average Bonchev–Trinajstić information content (AvgIpc) is 2.30. The molecule has 0 aliphatic rings. The van der Waals surface area contributed by atoms with Gasteiger partial charge in [0.2, 0.25) is 0 Å². The minimum absolute atomic E-state index is 0.0993. The van der Waals surface area contributed by atoms with Crippen LogP contribution in [-0.2, 0) is 5.41 Å². The molecule has 0 atom stereocenters. The number of hydrogen-bond donors (Lipinski definition) is 1. The monoisotopic (exact) mass is 277 g/mol. The maximum absolute atomic E-state index is 5.67. The third-order valence-electron chi connectivity index (χ3n) is 4.02. The first-order valence-corrected chi connectivity index (χ1v) is 7.48. The number of nitrogens with one attached hydrogen (secondary N) is 1. The molecule has 1 aromatic carbocycles. The third kappa shape index (κ3) is 4.24. The van der Waals surface area contributed by atoms with Crippen molar-refractivity contribution in [3.63, 3.8) is 0 Å². The zero-order valence-corrected chi connectivity index (χ0v) is 14.5. The van der Waals surface area contributed by atoms with Crippen molar-refractivity contribution >= 4 is 0 Å². The molecule has 2 heteroatoms. The average molecular weight is 277 g/mol. The first kappa shape index (κ1) is 17.0. The second-order valence-corrected chi connectivity index (χ2v) is 7.40. The van der Waals surface area contributed by atoms with Crippen LogP contribution in [0.3, 0.4) is 0 Å². The van der Waals surface area contributed by atoms with Gasteiger partial charge in [0.15, 0.2) is 0 Å². The molecule has 0 radical (unpaired) electrons. The van der Waals surface area contributed by atoms with E-state index in [4.69, 9.17) is 4.74 Å². The fourth-order valence-electron chi connectivity index (χ4n) is 2.47. The van der Waals surface area contributed by atoms with Gasteiger partial charge >= 0.3 is 0 Å². The van der Waals surface area contributed by atoms with E-state index in [0.29, 0.717) is 0 Å². The zero-order chi connectivity index (χ0) is 15.6. The first-order valence-electron chi connectivity index (χ1n) is 7.48. The highest BCUT2D eigenvalue weighted by molar-refractivity contribution is 5.48. The highest BCUT2D eigenvalue weighted by Crippen LogP contribution is 2.37. The maximum atomic E-state index is 5.67. The lowest BCUT2D eigenvalue weighted by Gasteiger charge is -2.30. The summed E-state index contributed by atoms with van der Waals surface area (Å²) in [6, 6.07) is 4.42. The molecule has 0 aliphatic carbocycles. The molecule has 0 amide bonds. The molecule has 0 spiro atoms. The molecule has 0 saturated carbocycles. The van der Waals surface area contributed by atoms with Crippen molar-refractivity contribution in [2.75, 3.05) is 13.7 Å². The van der Waals surface area contributed by atoms with Gasteiger partial charge in [-0.3, -0.25) is 0 Å². The van der Waals surface area contributed by atoms with E-state index in [1.165, 1.54) is 16.7 Å². The summed E-state index contributed by atoms with van der Waals surface area (Å²) >= 11 is 0. The van der Waals surface area contributed by atoms with E-state index in [1.54, 1.807) is 7.11 Å². The lowest BCUT2D eigenvalue weighted by Crippen LogP contribution is -2.38. The summed E-state index contributed by atoms with van der Waals surface area (Å²) in [6.07, 6.45) is 1.09. The summed E-state index contributed by atoms with van der Waals surface area (Å²) in [5.74, 6) is 1.05. The van der Waals surface area contributed by atoms with Crippen LogP contribution >= 0.6 is 0 Å². The van der Waals surface area contributed by atoms with E-state index in [-0.39, 0.29) is 11.0 Å². The Bertz CT molecular complexity index is 455. The molecule has 0 aliphatic heterocycles. The Labute approximate surface area is 124 Å². The van der Waals surface area contributed by atoms with E-state index in [9.17, 15) is 0 Å². The first-order chi connectivity index (χ1) is 9.08. The van der Waals surface area contributed by atoms with Gasteiger partial charge in [-0.1, -0.05) is 26.0 Å². The van der Waals surface area contributed by atoms with E-state index < -0.39 is 0 Å². The zero-order valence-electron chi connectivity index (χ0n) is 14.5. The molecule has 1 rings (SSSR count). The molecule has 1 aromatic rings. The quantitative estimate of drug-likeness (QED) is 0.863. The Hall–Kier alpha value is -1.02. The Morgan fingerprint density at radius 2 is 1.65 bits per heavy atom. The second-order valence-electron chi connectivity index (χ2n) is 7.40. The van der Waals surface area contributed by atoms with Gasteiger partial charge in [-0.25, -0.2) is 0 Å². The molecule has 0 unspecified atom stereocenters. The van der Waals surface area contributed by atoms with Crippen LogP contribution in [0.2, 0.25) is 0 Å². The number of methoxy groups -OCH3 is 1. The van der Waals surface area contributed by atoms with Crippen LogP contribution < -0.4 is 10.1 Å². The fraction of sp³-hybridized carbons (Fsp3) is 0.667. The van der Waals surface area contributed by atoms with E-state index >= 15 is 0 Å². The summed E-state index contributed by atoms with van der Waals surface area (Å²) in [6.45, 7) is 16.5. The normalized spacial score (nSPS) is 12.6. The number of aryl methyl sites for hydroxylation is 1. The minimum Gasteiger partial charge on any atom is -0.496 e. The summed E-state index contributed by atoms with van der Waals surface area (Å²) in [4.78, 5) is 0. The van der Waals surface area contributed by atoms with Crippen LogP contribution in [0.15, 0.2) is 12.1 Å². The standard InChI is InChI=1S/C18H31NO/c1-13-9-10-15(16(20-8)14(13)2)18(6,7)11-12-19-17(3,4)5/h9-10,19H,11-12H2,1-8H3. The van der Waals surface area contributed by atoms with Crippen LogP contribution in [0.25, 0.3) is 0 Å². The number of rotatable bonds is 5.